The van der Waals surface area contributed by atoms with Gasteiger partial charge in [-0.3, -0.25) is 4.79 Å². The molecule has 1 N–H and O–H groups in total. The number of hydrogen-bond acceptors (Lipinski definition) is 3. The molecule has 23 heavy (non-hydrogen) atoms. The highest BCUT2D eigenvalue weighted by Gasteiger charge is 2.44. The van der Waals surface area contributed by atoms with Crippen LogP contribution >= 0.6 is 0 Å². The fraction of sp³-hybridized carbons (Fsp3) is 0.316. The highest BCUT2D eigenvalue weighted by molar-refractivity contribution is 5.86. The number of alkyl halides is 1. The van der Waals surface area contributed by atoms with Crippen LogP contribution < -0.4 is 0 Å². The lowest BCUT2D eigenvalue weighted by atomic mass is 9.90. The van der Waals surface area contributed by atoms with Gasteiger partial charge in [0.05, 0.1) is 13.2 Å². The second kappa shape index (κ2) is 7.49. The van der Waals surface area contributed by atoms with Crippen molar-refractivity contribution in [3.63, 3.8) is 0 Å². The predicted octanol–water partition coefficient (Wildman–Crippen LogP) is 3.54. The van der Waals surface area contributed by atoms with Crippen molar-refractivity contribution in [2.75, 3.05) is 6.61 Å². The number of rotatable bonds is 7. The zero-order valence-corrected chi connectivity index (χ0v) is 13.3. The normalized spacial score (nSPS) is 15.0. The molecule has 0 saturated carbocycles. The van der Waals surface area contributed by atoms with E-state index in [0.717, 1.165) is 18.1 Å². The topological polar surface area (TPSA) is 46.5 Å². The number of carbonyl (C=O) groups excluding carboxylic acids is 1. The van der Waals surface area contributed by atoms with Gasteiger partial charge in [-0.05, 0) is 25.0 Å². The van der Waals surface area contributed by atoms with E-state index in [0.29, 0.717) is 5.56 Å². The minimum atomic E-state index is -2.47. The maximum absolute atomic E-state index is 15.1. The Bertz CT molecular complexity index is 639. The van der Waals surface area contributed by atoms with Crippen LogP contribution in [0, 0.1) is 6.92 Å². The Hall–Kier alpha value is -2.04. The summed E-state index contributed by atoms with van der Waals surface area (Å²) in [6.07, 6.45) is -1.56. The lowest BCUT2D eigenvalue weighted by molar-refractivity contribution is -0.145. The maximum atomic E-state index is 15.1. The number of hydrogen-bond donors (Lipinski definition) is 1. The van der Waals surface area contributed by atoms with Crippen molar-refractivity contribution >= 4 is 5.78 Å². The van der Waals surface area contributed by atoms with E-state index in [1.54, 1.807) is 24.3 Å². The van der Waals surface area contributed by atoms with Crippen LogP contribution in [0.3, 0.4) is 0 Å². The largest absolute Gasteiger partial charge is 0.384 e. The minimum absolute atomic E-state index is 0.181. The van der Waals surface area contributed by atoms with E-state index < -0.39 is 24.2 Å². The molecule has 2 unspecified atom stereocenters. The third-order valence-electron chi connectivity index (χ3n) is 3.84. The Morgan fingerprint density at radius 2 is 1.78 bits per heavy atom. The Balaban J connectivity index is 2.08. The van der Waals surface area contributed by atoms with Crippen molar-refractivity contribution in [3.05, 3.63) is 71.3 Å². The molecule has 2 aromatic carbocycles. The molecule has 2 atom stereocenters. The summed E-state index contributed by atoms with van der Waals surface area (Å²) >= 11 is 0. The Morgan fingerprint density at radius 3 is 2.35 bits per heavy atom. The first-order chi connectivity index (χ1) is 10.9. The molecule has 122 valence electrons. The lowest BCUT2D eigenvalue weighted by Crippen LogP contribution is -2.43. The molecule has 0 bridgehead atoms. The first-order valence-electron chi connectivity index (χ1n) is 7.50. The number of carbonyl (C=O) groups is 1. The van der Waals surface area contributed by atoms with E-state index in [4.69, 9.17) is 4.74 Å². The summed E-state index contributed by atoms with van der Waals surface area (Å²) in [6.45, 7) is 2.71. The standard InChI is InChI=1S/C19H21FO3/c1-14-8-10-17(11-9-14)18(22)19(20,15(2)21)13-23-12-16-6-4-3-5-7-16/h3-11,18,22H,12-13H2,1-2H3. The summed E-state index contributed by atoms with van der Waals surface area (Å²) in [5.41, 5.74) is -0.238. The molecule has 2 rings (SSSR count). The summed E-state index contributed by atoms with van der Waals surface area (Å²) in [6, 6.07) is 16.1. The van der Waals surface area contributed by atoms with Crippen LogP contribution in [0.5, 0.6) is 0 Å². The highest BCUT2D eigenvalue weighted by atomic mass is 19.1. The summed E-state index contributed by atoms with van der Waals surface area (Å²) in [7, 11) is 0. The van der Waals surface area contributed by atoms with Gasteiger partial charge in [-0.1, -0.05) is 60.2 Å². The van der Waals surface area contributed by atoms with E-state index in [1.807, 2.05) is 37.3 Å². The fourth-order valence-corrected chi connectivity index (χ4v) is 2.28. The number of ether oxygens (including phenoxy) is 1. The molecule has 0 heterocycles. The number of benzene rings is 2. The minimum Gasteiger partial charge on any atom is -0.384 e. The van der Waals surface area contributed by atoms with Crippen LogP contribution in [0.1, 0.15) is 29.7 Å². The molecule has 0 aliphatic rings. The van der Waals surface area contributed by atoms with Gasteiger partial charge in [-0.15, -0.1) is 0 Å². The third kappa shape index (κ3) is 4.24. The molecule has 0 amide bonds. The average molecular weight is 316 g/mol. The van der Waals surface area contributed by atoms with Gasteiger partial charge < -0.3 is 9.84 Å². The molecule has 0 fully saturated rings. The molecular weight excluding hydrogens is 295 g/mol. The summed E-state index contributed by atoms with van der Waals surface area (Å²) in [5, 5.41) is 10.3. The Labute approximate surface area is 135 Å². The van der Waals surface area contributed by atoms with E-state index in [2.05, 4.69) is 0 Å². The fourth-order valence-electron chi connectivity index (χ4n) is 2.28. The molecule has 0 spiro atoms. The first-order valence-corrected chi connectivity index (χ1v) is 7.50. The molecule has 0 aliphatic heterocycles. The van der Waals surface area contributed by atoms with Gasteiger partial charge in [0, 0.05) is 0 Å². The predicted molar refractivity (Wildman–Crippen MR) is 86.8 cm³/mol. The smallest absolute Gasteiger partial charge is 0.221 e. The van der Waals surface area contributed by atoms with Gasteiger partial charge >= 0.3 is 0 Å². The summed E-state index contributed by atoms with van der Waals surface area (Å²) in [4.78, 5) is 11.8. The molecular formula is C19H21FO3. The number of aryl methyl sites for hydroxylation is 1. The molecule has 0 saturated heterocycles. The average Bonchev–Trinajstić information content (AvgIpc) is 2.55. The van der Waals surface area contributed by atoms with Crippen molar-refractivity contribution in [1.82, 2.24) is 0 Å². The monoisotopic (exact) mass is 316 g/mol. The maximum Gasteiger partial charge on any atom is 0.221 e. The number of Topliss-reactive ketones (excluding diaryl/α,β-unsaturated/α-hetero) is 1. The molecule has 3 nitrogen and oxygen atoms in total. The van der Waals surface area contributed by atoms with Gasteiger partial charge in [0.15, 0.2) is 5.78 Å². The number of ketones is 1. The summed E-state index contributed by atoms with van der Waals surface area (Å²) < 4.78 is 20.4. The molecule has 4 heteroatoms. The summed E-state index contributed by atoms with van der Waals surface area (Å²) in [5.74, 6) is -0.751. The zero-order valence-electron chi connectivity index (χ0n) is 13.3. The van der Waals surface area contributed by atoms with Crippen LogP contribution in [0.25, 0.3) is 0 Å². The van der Waals surface area contributed by atoms with Crippen molar-refractivity contribution in [2.24, 2.45) is 0 Å². The van der Waals surface area contributed by atoms with Gasteiger partial charge in [-0.2, -0.15) is 0 Å². The van der Waals surface area contributed by atoms with E-state index >= 15 is 4.39 Å². The van der Waals surface area contributed by atoms with Crippen LogP contribution in [0.4, 0.5) is 4.39 Å². The van der Waals surface area contributed by atoms with Crippen molar-refractivity contribution in [1.29, 1.82) is 0 Å². The van der Waals surface area contributed by atoms with Crippen molar-refractivity contribution < 1.29 is 19.0 Å². The van der Waals surface area contributed by atoms with E-state index in [-0.39, 0.29) is 6.61 Å². The third-order valence-corrected chi connectivity index (χ3v) is 3.84. The van der Waals surface area contributed by atoms with E-state index in [1.165, 1.54) is 0 Å². The number of aliphatic hydroxyl groups excluding tert-OH is 1. The molecule has 0 radical (unpaired) electrons. The second-order valence-electron chi connectivity index (χ2n) is 5.71. The van der Waals surface area contributed by atoms with Gasteiger partial charge in [0.1, 0.15) is 6.10 Å². The second-order valence-corrected chi connectivity index (χ2v) is 5.71. The van der Waals surface area contributed by atoms with Gasteiger partial charge in [0.25, 0.3) is 0 Å². The van der Waals surface area contributed by atoms with Crippen LogP contribution in [-0.4, -0.2) is 23.2 Å². The van der Waals surface area contributed by atoms with E-state index in [9.17, 15) is 9.90 Å². The Morgan fingerprint density at radius 1 is 1.17 bits per heavy atom. The van der Waals surface area contributed by atoms with Crippen LogP contribution in [0.15, 0.2) is 54.6 Å². The number of aliphatic hydroxyl groups is 1. The quantitative estimate of drug-likeness (QED) is 0.850. The van der Waals surface area contributed by atoms with Crippen LogP contribution in [0.2, 0.25) is 0 Å². The zero-order chi connectivity index (χ0) is 16.9. The van der Waals surface area contributed by atoms with Gasteiger partial charge in [0.2, 0.25) is 5.67 Å². The first kappa shape index (κ1) is 17.3. The van der Waals surface area contributed by atoms with Crippen molar-refractivity contribution in [3.8, 4) is 0 Å². The van der Waals surface area contributed by atoms with Gasteiger partial charge in [-0.25, -0.2) is 4.39 Å². The Kier molecular flexibility index (Phi) is 5.64. The number of halogens is 1. The molecule has 0 aromatic heterocycles. The lowest BCUT2D eigenvalue weighted by Gasteiger charge is -2.28. The molecule has 2 aromatic rings. The van der Waals surface area contributed by atoms with Crippen LogP contribution in [-0.2, 0) is 16.1 Å². The SMILES string of the molecule is CC(=O)C(F)(COCc1ccccc1)C(O)c1ccc(C)cc1. The van der Waals surface area contributed by atoms with Crippen molar-refractivity contribution in [2.45, 2.75) is 32.2 Å². The highest BCUT2D eigenvalue weighted by Crippen LogP contribution is 2.31. The molecule has 0 aliphatic carbocycles.